The Morgan fingerprint density at radius 1 is 1.12 bits per heavy atom. The molecule has 1 N–H and O–H groups in total. The summed E-state index contributed by atoms with van der Waals surface area (Å²) in [5, 5.41) is 2.11. The smallest absolute Gasteiger partial charge is 0.417 e. The number of fused-ring (bicyclic) bond motifs is 2. The number of carbonyl (C=O) groups excluding carboxylic acids is 2. The highest BCUT2D eigenvalue weighted by Crippen LogP contribution is 2.36. The SMILES string of the molecule is O=C(COC(=O)c1ccc2c(=O)n3c(nc2c1)CCCCC3)Nc1ccc(Cl)c(C(F)(F)F)c1. The molecule has 0 bridgehead atoms. The van der Waals surface area contributed by atoms with Gasteiger partial charge in [0, 0.05) is 18.7 Å². The van der Waals surface area contributed by atoms with Crippen molar-refractivity contribution in [2.75, 3.05) is 11.9 Å². The Morgan fingerprint density at radius 3 is 2.68 bits per heavy atom. The molecule has 0 aliphatic carbocycles. The van der Waals surface area contributed by atoms with Crippen molar-refractivity contribution >= 4 is 40.1 Å². The Morgan fingerprint density at radius 2 is 1.91 bits per heavy atom. The average molecular weight is 494 g/mol. The number of hydrogen-bond acceptors (Lipinski definition) is 5. The lowest BCUT2D eigenvalue weighted by Gasteiger charge is -2.12. The molecular formula is C23H19ClF3N3O4. The number of benzene rings is 2. The maximum atomic E-state index is 13.0. The van der Waals surface area contributed by atoms with E-state index in [0.29, 0.717) is 35.8 Å². The number of hydrogen-bond donors (Lipinski definition) is 1. The van der Waals surface area contributed by atoms with Crippen LogP contribution in [0.1, 0.15) is 41.0 Å². The lowest BCUT2D eigenvalue weighted by molar-refractivity contribution is -0.137. The van der Waals surface area contributed by atoms with E-state index in [-0.39, 0.29) is 16.8 Å². The minimum absolute atomic E-state index is 0.0941. The Labute approximate surface area is 196 Å². The third-order valence-electron chi connectivity index (χ3n) is 5.44. The van der Waals surface area contributed by atoms with Gasteiger partial charge in [0.05, 0.1) is 27.1 Å². The highest BCUT2D eigenvalue weighted by molar-refractivity contribution is 6.31. The summed E-state index contributed by atoms with van der Waals surface area (Å²) in [7, 11) is 0. The maximum absolute atomic E-state index is 13.0. The number of aryl methyl sites for hydroxylation is 1. The first-order chi connectivity index (χ1) is 16.1. The predicted octanol–water partition coefficient (Wildman–Crippen LogP) is 4.59. The van der Waals surface area contributed by atoms with Crippen LogP contribution in [0.4, 0.5) is 18.9 Å². The summed E-state index contributed by atoms with van der Waals surface area (Å²) in [5.41, 5.74) is -0.952. The number of anilines is 1. The predicted molar refractivity (Wildman–Crippen MR) is 119 cm³/mol. The Hall–Kier alpha value is -3.40. The molecule has 178 valence electrons. The summed E-state index contributed by atoms with van der Waals surface area (Å²) in [5.74, 6) is -0.992. The van der Waals surface area contributed by atoms with Crippen molar-refractivity contribution in [2.24, 2.45) is 0 Å². The fourth-order valence-electron chi connectivity index (χ4n) is 3.78. The molecular weight excluding hydrogens is 475 g/mol. The van der Waals surface area contributed by atoms with Crippen LogP contribution >= 0.6 is 11.6 Å². The first kappa shape index (κ1) is 23.7. The van der Waals surface area contributed by atoms with Crippen molar-refractivity contribution in [2.45, 2.75) is 38.4 Å². The van der Waals surface area contributed by atoms with E-state index in [9.17, 15) is 27.6 Å². The summed E-state index contributed by atoms with van der Waals surface area (Å²) in [6.07, 6.45) is -1.19. The Bertz CT molecular complexity index is 1340. The molecule has 1 aromatic heterocycles. The van der Waals surface area contributed by atoms with Gasteiger partial charge in [-0.2, -0.15) is 13.2 Å². The number of esters is 1. The molecule has 2 heterocycles. The van der Waals surface area contributed by atoms with Gasteiger partial charge in [-0.25, -0.2) is 9.78 Å². The second-order valence-electron chi connectivity index (χ2n) is 7.84. The third kappa shape index (κ3) is 5.06. The molecule has 1 aliphatic heterocycles. The van der Waals surface area contributed by atoms with Crippen molar-refractivity contribution in [3.8, 4) is 0 Å². The van der Waals surface area contributed by atoms with Crippen LogP contribution in [0, 0.1) is 0 Å². The fourth-order valence-corrected chi connectivity index (χ4v) is 4.00. The maximum Gasteiger partial charge on any atom is 0.417 e. The van der Waals surface area contributed by atoms with Crippen LogP contribution in [0.2, 0.25) is 5.02 Å². The van der Waals surface area contributed by atoms with Crippen LogP contribution in [0.5, 0.6) is 0 Å². The van der Waals surface area contributed by atoms with E-state index in [4.69, 9.17) is 16.3 Å². The van der Waals surface area contributed by atoms with Gasteiger partial charge in [-0.3, -0.25) is 14.2 Å². The minimum Gasteiger partial charge on any atom is -0.452 e. The molecule has 34 heavy (non-hydrogen) atoms. The van der Waals surface area contributed by atoms with E-state index in [1.54, 1.807) is 4.57 Å². The largest absolute Gasteiger partial charge is 0.452 e. The van der Waals surface area contributed by atoms with Crippen LogP contribution in [0.3, 0.4) is 0 Å². The van der Waals surface area contributed by atoms with Crippen molar-refractivity contribution in [1.29, 1.82) is 0 Å². The van der Waals surface area contributed by atoms with Crippen LogP contribution in [0.25, 0.3) is 10.9 Å². The summed E-state index contributed by atoms with van der Waals surface area (Å²) in [6, 6.07) is 7.23. The highest BCUT2D eigenvalue weighted by atomic mass is 35.5. The number of nitrogens with zero attached hydrogens (tertiary/aromatic N) is 2. The van der Waals surface area contributed by atoms with E-state index in [2.05, 4.69) is 10.3 Å². The quantitative estimate of drug-likeness (QED) is 0.537. The van der Waals surface area contributed by atoms with Crippen molar-refractivity contribution in [3.63, 3.8) is 0 Å². The number of aromatic nitrogens is 2. The van der Waals surface area contributed by atoms with Gasteiger partial charge in [0.2, 0.25) is 0 Å². The lowest BCUT2D eigenvalue weighted by atomic mass is 10.1. The zero-order valence-corrected chi connectivity index (χ0v) is 18.5. The zero-order chi connectivity index (χ0) is 24.5. The van der Waals surface area contributed by atoms with Gasteiger partial charge in [0.15, 0.2) is 6.61 Å². The van der Waals surface area contributed by atoms with Crippen molar-refractivity contribution < 1.29 is 27.5 Å². The molecule has 0 fully saturated rings. The molecule has 1 amide bonds. The molecule has 1 aliphatic rings. The number of amides is 1. The van der Waals surface area contributed by atoms with Gasteiger partial charge in [-0.15, -0.1) is 0 Å². The summed E-state index contributed by atoms with van der Waals surface area (Å²) in [6.45, 7) is -0.116. The third-order valence-corrected chi connectivity index (χ3v) is 5.77. The van der Waals surface area contributed by atoms with Crippen LogP contribution in [-0.2, 0) is 28.7 Å². The zero-order valence-electron chi connectivity index (χ0n) is 17.7. The summed E-state index contributed by atoms with van der Waals surface area (Å²) in [4.78, 5) is 41.8. The molecule has 4 rings (SSSR count). The first-order valence-electron chi connectivity index (χ1n) is 10.5. The van der Waals surface area contributed by atoms with E-state index in [1.807, 2.05) is 0 Å². The van der Waals surface area contributed by atoms with Gasteiger partial charge >= 0.3 is 12.1 Å². The summed E-state index contributed by atoms with van der Waals surface area (Å²) >= 11 is 5.56. The van der Waals surface area contributed by atoms with E-state index in [1.165, 1.54) is 24.3 Å². The first-order valence-corrected chi connectivity index (χ1v) is 10.9. The number of halogens is 4. The van der Waals surface area contributed by atoms with Gasteiger partial charge in [0.1, 0.15) is 5.82 Å². The van der Waals surface area contributed by atoms with E-state index in [0.717, 1.165) is 25.3 Å². The molecule has 3 aromatic rings. The van der Waals surface area contributed by atoms with Gasteiger partial charge < -0.3 is 10.1 Å². The fraction of sp³-hybridized carbons (Fsp3) is 0.304. The number of alkyl halides is 3. The molecule has 2 aromatic carbocycles. The molecule has 0 unspecified atom stereocenters. The Balaban J connectivity index is 1.45. The normalized spacial score (nSPS) is 13.8. The van der Waals surface area contributed by atoms with Gasteiger partial charge in [-0.1, -0.05) is 18.0 Å². The number of nitrogens with one attached hydrogen (secondary N) is 1. The van der Waals surface area contributed by atoms with Crippen molar-refractivity contribution in [1.82, 2.24) is 9.55 Å². The molecule has 11 heteroatoms. The standard InChI is InChI=1S/C23H19ClF3N3O4/c24-17-8-6-14(11-16(17)23(25,26)27)28-20(31)12-34-22(33)13-5-7-15-18(10-13)29-19-4-2-1-3-9-30(19)21(15)32/h5-8,10-11H,1-4,9,12H2,(H,28,31). The molecule has 0 radical (unpaired) electrons. The number of carbonyl (C=O) groups is 2. The molecule has 0 saturated heterocycles. The minimum atomic E-state index is -4.69. The summed E-state index contributed by atoms with van der Waals surface area (Å²) < 4.78 is 45.5. The van der Waals surface area contributed by atoms with E-state index >= 15 is 0 Å². The second-order valence-corrected chi connectivity index (χ2v) is 8.25. The molecule has 0 atom stereocenters. The molecule has 7 nitrogen and oxygen atoms in total. The van der Waals surface area contributed by atoms with Gasteiger partial charge in [-0.05, 0) is 49.2 Å². The highest BCUT2D eigenvalue weighted by Gasteiger charge is 2.33. The van der Waals surface area contributed by atoms with Crippen LogP contribution < -0.4 is 10.9 Å². The topological polar surface area (TPSA) is 90.3 Å². The van der Waals surface area contributed by atoms with E-state index < -0.39 is 35.2 Å². The Kier molecular flexibility index (Phi) is 6.60. The lowest BCUT2D eigenvalue weighted by Crippen LogP contribution is -2.25. The average Bonchev–Trinajstić information content (AvgIpc) is 3.03. The van der Waals surface area contributed by atoms with Gasteiger partial charge in [0.25, 0.3) is 11.5 Å². The molecule has 0 spiro atoms. The second kappa shape index (κ2) is 9.46. The van der Waals surface area contributed by atoms with Crippen LogP contribution in [0.15, 0.2) is 41.2 Å². The van der Waals surface area contributed by atoms with Crippen molar-refractivity contribution in [3.05, 3.63) is 68.7 Å². The number of ether oxygens (including phenoxy) is 1. The van der Waals surface area contributed by atoms with Crippen LogP contribution in [-0.4, -0.2) is 28.0 Å². The molecule has 0 saturated carbocycles. The monoisotopic (exact) mass is 493 g/mol. The number of rotatable bonds is 4.